The number of hydrogen-bond acceptors (Lipinski definition) is 7. The van der Waals surface area contributed by atoms with Gasteiger partial charge in [-0.2, -0.15) is 15.0 Å². The van der Waals surface area contributed by atoms with E-state index in [0.717, 1.165) is 32.1 Å². The SMILES string of the molecule is OC1CCCC1Nc1nc(NC2CCCC2)nc(-c2cccc(Cl)n2)n1. The van der Waals surface area contributed by atoms with Gasteiger partial charge in [0.25, 0.3) is 0 Å². The number of nitrogens with one attached hydrogen (secondary N) is 2. The Labute approximate surface area is 157 Å². The van der Waals surface area contributed by atoms with Gasteiger partial charge in [-0.3, -0.25) is 0 Å². The number of anilines is 2. The molecule has 0 amide bonds. The fourth-order valence-electron chi connectivity index (χ4n) is 3.68. The topological polar surface area (TPSA) is 95.8 Å². The third-order valence-corrected chi connectivity index (χ3v) is 5.27. The highest BCUT2D eigenvalue weighted by Crippen LogP contribution is 2.25. The van der Waals surface area contributed by atoms with Gasteiger partial charge < -0.3 is 15.7 Å². The number of halogens is 1. The predicted molar refractivity (Wildman–Crippen MR) is 101 cm³/mol. The van der Waals surface area contributed by atoms with Crippen LogP contribution in [-0.2, 0) is 0 Å². The van der Waals surface area contributed by atoms with Crippen LogP contribution in [0.25, 0.3) is 11.5 Å². The van der Waals surface area contributed by atoms with Crippen molar-refractivity contribution in [2.24, 2.45) is 0 Å². The molecular weight excluding hydrogens is 352 g/mol. The van der Waals surface area contributed by atoms with Crippen molar-refractivity contribution in [3.05, 3.63) is 23.4 Å². The maximum atomic E-state index is 10.1. The lowest BCUT2D eigenvalue weighted by Gasteiger charge is -2.18. The minimum atomic E-state index is -0.370. The Morgan fingerprint density at radius 2 is 1.65 bits per heavy atom. The second kappa shape index (κ2) is 7.72. The summed E-state index contributed by atoms with van der Waals surface area (Å²) >= 11 is 6.02. The molecule has 0 bridgehead atoms. The molecule has 2 atom stereocenters. The van der Waals surface area contributed by atoms with Gasteiger partial charge >= 0.3 is 0 Å². The van der Waals surface area contributed by atoms with Crippen LogP contribution in [0, 0.1) is 0 Å². The molecule has 7 nitrogen and oxygen atoms in total. The first kappa shape index (κ1) is 17.4. The first-order valence-electron chi connectivity index (χ1n) is 9.27. The fraction of sp³-hybridized carbons (Fsp3) is 0.556. The Bertz CT molecular complexity index is 767. The number of aliphatic hydroxyl groups excluding tert-OH is 1. The smallest absolute Gasteiger partial charge is 0.228 e. The summed E-state index contributed by atoms with van der Waals surface area (Å²) < 4.78 is 0. The quantitative estimate of drug-likeness (QED) is 0.691. The summed E-state index contributed by atoms with van der Waals surface area (Å²) in [5.74, 6) is 1.47. The lowest BCUT2D eigenvalue weighted by atomic mass is 10.2. The molecule has 0 radical (unpaired) electrons. The van der Waals surface area contributed by atoms with E-state index in [0.29, 0.717) is 34.6 Å². The van der Waals surface area contributed by atoms with Crippen molar-refractivity contribution in [1.29, 1.82) is 0 Å². The molecule has 8 heteroatoms. The summed E-state index contributed by atoms with van der Waals surface area (Å²) in [4.78, 5) is 17.9. The third-order valence-electron chi connectivity index (χ3n) is 5.06. The number of nitrogens with zero attached hydrogens (tertiary/aromatic N) is 4. The number of pyridine rings is 1. The predicted octanol–water partition coefficient (Wildman–Crippen LogP) is 3.27. The van der Waals surface area contributed by atoms with Gasteiger partial charge in [0.2, 0.25) is 11.9 Å². The summed E-state index contributed by atoms with van der Waals surface area (Å²) in [6, 6.07) is 5.73. The van der Waals surface area contributed by atoms with E-state index in [2.05, 4.69) is 30.6 Å². The number of aromatic nitrogens is 4. The average Bonchev–Trinajstić information content (AvgIpc) is 3.27. The molecule has 2 unspecified atom stereocenters. The summed E-state index contributed by atoms with van der Waals surface area (Å²) in [6.45, 7) is 0. The average molecular weight is 375 g/mol. The highest BCUT2D eigenvalue weighted by molar-refractivity contribution is 6.29. The molecule has 0 aromatic carbocycles. The Morgan fingerprint density at radius 3 is 2.35 bits per heavy atom. The first-order chi connectivity index (χ1) is 12.7. The molecule has 0 spiro atoms. The van der Waals surface area contributed by atoms with E-state index in [4.69, 9.17) is 11.6 Å². The van der Waals surface area contributed by atoms with Crippen LogP contribution in [0.2, 0.25) is 5.15 Å². The molecule has 2 aromatic rings. The van der Waals surface area contributed by atoms with E-state index < -0.39 is 0 Å². The second-order valence-electron chi connectivity index (χ2n) is 7.03. The standard InChI is InChI=1S/C18H23ClN6O/c19-15-10-4-8-13(21-15)16-23-17(20-11-5-1-2-6-11)25-18(24-16)22-12-7-3-9-14(12)26/h4,8,10-12,14,26H,1-3,5-7,9H2,(H2,20,22,23,24,25). The molecule has 138 valence electrons. The Hall–Kier alpha value is -1.99. The van der Waals surface area contributed by atoms with Gasteiger partial charge in [-0.15, -0.1) is 0 Å². The van der Waals surface area contributed by atoms with E-state index in [1.807, 2.05) is 12.1 Å². The molecule has 3 N–H and O–H groups in total. The van der Waals surface area contributed by atoms with E-state index >= 15 is 0 Å². The largest absolute Gasteiger partial charge is 0.391 e. The number of rotatable bonds is 5. The van der Waals surface area contributed by atoms with Gasteiger partial charge in [-0.25, -0.2) is 4.98 Å². The van der Waals surface area contributed by atoms with E-state index in [9.17, 15) is 5.11 Å². The fourth-order valence-corrected chi connectivity index (χ4v) is 3.84. The van der Waals surface area contributed by atoms with Crippen molar-refractivity contribution in [3.8, 4) is 11.5 Å². The van der Waals surface area contributed by atoms with E-state index in [1.54, 1.807) is 6.07 Å². The van der Waals surface area contributed by atoms with Crippen LogP contribution < -0.4 is 10.6 Å². The maximum absolute atomic E-state index is 10.1. The second-order valence-corrected chi connectivity index (χ2v) is 7.41. The monoisotopic (exact) mass is 374 g/mol. The van der Waals surface area contributed by atoms with Crippen LogP contribution in [0.3, 0.4) is 0 Å². The van der Waals surface area contributed by atoms with Gasteiger partial charge in [-0.1, -0.05) is 30.5 Å². The zero-order valence-electron chi connectivity index (χ0n) is 14.5. The molecule has 0 aliphatic heterocycles. The van der Waals surface area contributed by atoms with Crippen LogP contribution in [0.1, 0.15) is 44.9 Å². The zero-order chi connectivity index (χ0) is 17.9. The summed E-state index contributed by atoms with van der Waals surface area (Å²) in [7, 11) is 0. The van der Waals surface area contributed by atoms with Crippen LogP contribution in [0.4, 0.5) is 11.9 Å². The number of aliphatic hydroxyl groups is 1. The lowest BCUT2D eigenvalue weighted by molar-refractivity contribution is 0.171. The highest BCUT2D eigenvalue weighted by Gasteiger charge is 2.26. The normalized spacial score (nSPS) is 23.3. The Balaban J connectivity index is 1.64. The van der Waals surface area contributed by atoms with Gasteiger partial charge in [0, 0.05) is 6.04 Å². The van der Waals surface area contributed by atoms with Crippen molar-refractivity contribution in [2.45, 2.75) is 63.1 Å². The third kappa shape index (κ3) is 4.04. The van der Waals surface area contributed by atoms with Crippen molar-refractivity contribution >= 4 is 23.5 Å². The molecular formula is C18H23ClN6O. The van der Waals surface area contributed by atoms with Gasteiger partial charge in [0.05, 0.1) is 12.1 Å². The van der Waals surface area contributed by atoms with Crippen molar-refractivity contribution in [3.63, 3.8) is 0 Å². The summed E-state index contributed by atoms with van der Waals surface area (Å²) in [6.07, 6.45) is 7.05. The molecule has 26 heavy (non-hydrogen) atoms. The van der Waals surface area contributed by atoms with E-state index in [-0.39, 0.29) is 12.1 Å². The van der Waals surface area contributed by atoms with Crippen LogP contribution in [0.15, 0.2) is 18.2 Å². The van der Waals surface area contributed by atoms with Crippen LogP contribution >= 0.6 is 11.6 Å². The minimum absolute atomic E-state index is 0.0306. The van der Waals surface area contributed by atoms with Gasteiger partial charge in [-0.05, 0) is 44.2 Å². The van der Waals surface area contributed by atoms with Gasteiger partial charge in [0.15, 0.2) is 5.82 Å². The van der Waals surface area contributed by atoms with Crippen molar-refractivity contribution < 1.29 is 5.11 Å². The summed E-state index contributed by atoms with van der Waals surface area (Å²) in [5.41, 5.74) is 0.601. The molecule has 2 aromatic heterocycles. The highest BCUT2D eigenvalue weighted by atomic mass is 35.5. The maximum Gasteiger partial charge on any atom is 0.228 e. The Kier molecular flexibility index (Phi) is 5.17. The van der Waals surface area contributed by atoms with Crippen LogP contribution in [-0.4, -0.2) is 43.2 Å². The molecule has 2 aliphatic rings. The molecule has 4 rings (SSSR count). The van der Waals surface area contributed by atoms with Crippen molar-refractivity contribution in [2.75, 3.05) is 10.6 Å². The Morgan fingerprint density at radius 1 is 0.885 bits per heavy atom. The lowest BCUT2D eigenvalue weighted by Crippen LogP contribution is -2.29. The molecule has 2 aliphatic carbocycles. The van der Waals surface area contributed by atoms with Gasteiger partial charge in [0.1, 0.15) is 10.8 Å². The van der Waals surface area contributed by atoms with Crippen LogP contribution in [0.5, 0.6) is 0 Å². The number of hydrogen-bond donors (Lipinski definition) is 3. The molecule has 2 heterocycles. The minimum Gasteiger partial charge on any atom is -0.391 e. The van der Waals surface area contributed by atoms with Crippen molar-refractivity contribution in [1.82, 2.24) is 19.9 Å². The molecule has 0 saturated heterocycles. The molecule has 2 fully saturated rings. The molecule has 2 saturated carbocycles. The zero-order valence-corrected chi connectivity index (χ0v) is 15.3. The summed E-state index contributed by atoms with van der Waals surface area (Å²) in [5, 5.41) is 17.2. The van der Waals surface area contributed by atoms with E-state index in [1.165, 1.54) is 12.8 Å². The first-order valence-corrected chi connectivity index (χ1v) is 9.65.